The van der Waals surface area contributed by atoms with Crippen LogP contribution in [0.4, 0.5) is 0 Å². The van der Waals surface area contributed by atoms with Crippen molar-refractivity contribution < 1.29 is 5.11 Å². The average molecular weight is 226 g/mol. The third-order valence-corrected chi connectivity index (χ3v) is 3.70. The zero-order valence-electron chi connectivity index (χ0n) is 9.83. The molecule has 1 unspecified atom stereocenters. The van der Waals surface area contributed by atoms with Crippen molar-refractivity contribution in [3.63, 3.8) is 0 Å². The first kappa shape index (κ1) is 12.7. The fourth-order valence-electron chi connectivity index (χ4n) is 1.84. The lowest BCUT2D eigenvalue weighted by molar-refractivity contribution is 0.163. The molecule has 0 bridgehead atoms. The molecule has 0 radical (unpaired) electrons. The summed E-state index contributed by atoms with van der Waals surface area (Å²) in [5, 5.41) is 12.0. The topological polar surface area (TPSA) is 20.2 Å². The molecule has 1 aromatic rings. The highest BCUT2D eigenvalue weighted by molar-refractivity contribution is 7.10. The Morgan fingerprint density at radius 1 is 1.27 bits per heavy atom. The summed E-state index contributed by atoms with van der Waals surface area (Å²) in [6, 6.07) is 2.05. The van der Waals surface area contributed by atoms with Gasteiger partial charge in [-0.2, -0.15) is 0 Å². The highest BCUT2D eigenvalue weighted by atomic mass is 32.1. The van der Waals surface area contributed by atoms with Gasteiger partial charge < -0.3 is 5.11 Å². The zero-order chi connectivity index (χ0) is 11.1. The van der Waals surface area contributed by atoms with Crippen molar-refractivity contribution >= 4 is 11.3 Å². The fourth-order valence-corrected chi connectivity index (χ4v) is 2.60. The first-order chi connectivity index (χ1) is 7.25. The van der Waals surface area contributed by atoms with Gasteiger partial charge in [-0.3, -0.25) is 0 Å². The average Bonchev–Trinajstić information content (AvgIpc) is 2.64. The minimum absolute atomic E-state index is 0.238. The summed E-state index contributed by atoms with van der Waals surface area (Å²) >= 11 is 1.72. The molecule has 0 saturated heterocycles. The van der Waals surface area contributed by atoms with Gasteiger partial charge in [0.1, 0.15) is 0 Å². The van der Waals surface area contributed by atoms with Crippen molar-refractivity contribution in [2.75, 3.05) is 0 Å². The van der Waals surface area contributed by atoms with E-state index in [1.165, 1.54) is 30.6 Å². The standard InChI is InChI=1S/C13H22OS/c1-3-4-5-6-7-8-13(14)12-9-10-15-11(12)2/h9-10,13-14H,3-8H2,1-2H3. The number of aliphatic hydroxyl groups excluding tert-OH is 1. The summed E-state index contributed by atoms with van der Waals surface area (Å²) in [7, 11) is 0. The first-order valence-corrected chi connectivity index (χ1v) is 6.85. The smallest absolute Gasteiger partial charge is 0.0800 e. The van der Waals surface area contributed by atoms with Crippen LogP contribution in [0.1, 0.15) is 62.0 Å². The Labute approximate surface area is 97.2 Å². The van der Waals surface area contributed by atoms with E-state index in [2.05, 4.69) is 25.3 Å². The molecule has 0 aromatic carbocycles. The molecule has 86 valence electrons. The van der Waals surface area contributed by atoms with Gasteiger partial charge in [-0.1, -0.05) is 39.0 Å². The van der Waals surface area contributed by atoms with Crippen LogP contribution in [0.5, 0.6) is 0 Å². The molecule has 1 atom stereocenters. The number of thiophene rings is 1. The second-order valence-corrected chi connectivity index (χ2v) is 5.27. The minimum Gasteiger partial charge on any atom is -0.388 e. The van der Waals surface area contributed by atoms with Gasteiger partial charge in [-0.05, 0) is 30.4 Å². The van der Waals surface area contributed by atoms with Crippen LogP contribution in [0.3, 0.4) is 0 Å². The van der Waals surface area contributed by atoms with Gasteiger partial charge in [0.15, 0.2) is 0 Å². The Hall–Kier alpha value is -0.340. The fraction of sp³-hybridized carbons (Fsp3) is 0.692. The normalized spacial score (nSPS) is 13.0. The van der Waals surface area contributed by atoms with E-state index in [9.17, 15) is 5.11 Å². The summed E-state index contributed by atoms with van der Waals surface area (Å²) in [4.78, 5) is 1.26. The molecule has 0 aliphatic rings. The lowest BCUT2D eigenvalue weighted by Crippen LogP contribution is -1.97. The van der Waals surface area contributed by atoms with Crippen molar-refractivity contribution in [3.05, 3.63) is 21.9 Å². The van der Waals surface area contributed by atoms with E-state index in [-0.39, 0.29) is 6.10 Å². The second-order valence-electron chi connectivity index (χ2n) is 4.15. The SMILES string of the molecule is CCCCCCCC(O)c1ccsc1C. The summed E-state index contributed by atoms with van der Waals surface area (Å²) in [5.74, 6) is 0. The van der Waals surface area contributed by atoms with E-state index in [1.54, 1.807) is 11.3 Å². The van der Waals surface area contributed by atoms with Gasteiger partial charge in [0.25, 0.3) is 0 Å². The van der Waals surface area contributed by atoms with Crippen LogP contribution in [0.15, 0.2) is 11.4 Å². The van der Waals surface area contributed by atoms with Gasteiger partial charge in [-0.15, -0.1) is 11.3 Å². The molecule has 0 aliphatic heterocycles. The number of hydrogen-bond acceptors (Lipinski definition) is 2. The van der Waals surface area contributed by atoms with Crippen molar-refractivity contribution in [1.29, 1.82) is 0 Å². The largest absolute Gasteiger partial charge is 0.388 e. The molecule has 1 nitrogen and oxygen atoms in total. The molecule has 0 spiro atoms. The van der Waals surface area contributed by atoms with E-state index >= 15 is 0 Å². The monoisotopic (exact) mass is 226 g/mol. The maximum Gasteiger partial charge on any atom is 0.0800 e. The predicted molar refractivity (Wildman–Crippen MR) is 67.4 cm³/mol. The molecule has 1 N–H and O–H groups in total. The lowest BCUT2D eigenvalue weighted by Gasteiger charge is -2.09. The van der Waals surface area contributed by atoms with E-state index < -0.39 is 0 Å². The number of hydrogen-bond donors (Lipinski definition) is 1. The Morgan fingerprint density at radius 2 is 2.00 bits per heavy atom. The van der Waals surface area contributed by atoms with E-state index in [4.69, 9.17) is 0 Å². The van der Waals surface area contributed by atoms with Crippen LogP contribution in [0.25, 0.3) is 0 Å². The number of aryl methyl sites for hydroxylation is 1. The lowest BCUT2D eigenvalue weighted by atomic mass is 10.0. The van der Waals surface area contributed by atoms with Crippen molar-refractivity contribution in [1.82, 2.24) is 0 Å². The van der Waals surface area contributed by atoms with Gasteiger partial charge >= 0.3 is 0 Å². The van der Waals surface area contributed by atoms with Crippen molar-refractivity contribution in [3.8, 4) is 0 Å². The molecule has 1 heterocycles. The van der Waals surface area contributed by atoms with Crippen molar-refractivity contribution in [2.24, 2.45) is 0 Å². The Balaban J connectivity index is 2.19. The van der Waals surface area contributed by atoms with Crippen LogP contribution in [-0.2, 0) is 0 Å². The first-order valence-electron chi connectivity index (χ1n) is 5.97. The summed E-state index contributed by atoms with van der Waals surface area (Å²) in [6.45, 7) is 4.31. The zero-order valence-corrected chi connectivity index (χ0v) is 10.6. The Kier molecular flexibility index (Phi) is 5.96. The Morgan fingerprint density at radius 3 is 2.60 bits per heavy atom. The van der Waals surface area contributed by atoms with Crippen LogP contribution in [0, 0.1) is 6.92 Å². The molecule has 1 aromatic heterocycles. The number of rotatable bonds is 7. The summed E-state index contributed by atoms with van der Waals surface area (Å²) in [6.07, 6.45) is 7.01. The molecule has 0 aliphatic carbocycles. The maximum absolute atomic E-state index is 9.95. The van der Waals surface area contributed by atoms with Crippen LogP contribution >= 0.6 is 11.3 Å². The van der Waals surface area contributed by atoms with E-state index in [1.807, 2.05) is 0 Å². The van der Waals surface area contributed by atoms with Crippen LogP contribution in [0.2, 0.25) is 0 Å². The molecule has 0 saturated carbocycles. The molecule has 0 fully saturated rings. The Bertz CT molecular complexity index is 267. The second kappa shape index (κ2) is 7.02. The van der Waals surface area contributed by atoms with E-state index in [0.29, 0.717) is 0 Å². The third-order valence-electron chi connectivity index (χ3n) is 2.84. The quantitative estimate of drug-likeness (QED) is 0.681. The summed E-state index contributed by atoms with van der Waals surface area (Å²) < 4.78 is 0. The molecular formula is C13H22OS. The number of unbranched alkanes of at least 4 members (excludes halogenated alkanes) is 4. The molecule has 2 heteroatoms. The molecule has 1 rings (SSSR count). The van der Waals surface area contributed by atoms with Gasteiger partial charge in [0, 0.05) is 4.88 Å². The van der Waals surface area contributed by atoms with Crippen LogP contribution in [-0.4, -0.2) is 5.11 Å². The predicted octanol–water partition coefficient (Wildman–Crippen LogP) is 4.45. The highest BCUT2D eigenvalue weighted by Gasteiger charge is 2.10. The number of aliphatic hydroxyl groups is 1. The maximum atomic E-state index is 9.95. The highest BCUT2D eigenvalue weighted by Crippen LogP contribution is 2.26. The van der Waals surface area contributed by atoms with Gasteiger partial charge in [0.2, 0.25) is 0 Å². The molecule has 0 amide bonds. The van der Waals surface area contributed by atoms with E-state index in [0.717, 1.165) is 18.4 Å². The van der Waals surface area contributed by atoms with Gasteiger partial charge in [0.05, 0.1) is 6.10 Å². The molecule has 15 heavy (non-hydrogen) atoms. The third kappa shape index (κ3) is 4.35. The summed E-state index contributed by atoms with van der Waals surface area (Å²) in [5.41, 5.74) is 1.13. The molecular weight excluding hydrogens is 204 g/mol. The van der Waals surface area contributed by atoms with Crippen molar-refractivity contribution in [2.45, 2.75) is 58.5 Å². The van der Waals surface area contributed by atoms with Gasteiger partial charge in [-0.25, -0.2) is 0 Å². The van der Waals surface area contributed by atoms with Crippen LogP contribution < -0.4 is 0 Å². The minimum atomic E-state index is -0.238.